The summed E-state index contributed by atoms with van der Waals surface area (Å²) in [5, 5.41) is 0. The van der Waals surface area contributed by atoms with Gasteiger partial charge >= 0.3 is 11.9 Å². The van der Waals surface area contributed by atoms with Gasteiger partial charge in [0.1, 0.15) is 0 Å². The highest BCUT2D eigenvalue weighted by atomic mass is 16.6. The van der Waals surface area contributed by atoms with Gasteiger partial charge < -0.3 is 14.4 Å². The van der Waals surface area contributed by atoms with Crippen molar-refractivity contribution in [2.24, 2.45) is 11.8 Å². The van der Waals surface area contributed by atoms with Crippen molar-refractivity contribution in [3.63, 3.8) is 0 Å². The minimum Gasteiger partial charge on any atom is -0.465 e. The lowest BCUT2D eigenvalue weighted by Gasteiger charge is -2.45. The summed E-state index contributed by atoms with van der Waals surface area (Å²) in [6.45, 7) is 6.45. The van der Waals surface area contributed by atoms with E-state index in [0.717, 1.165) is 25.9 Å². The Bertz CT molecular complexity index is 365. The maximum Gasteiger partial charge on any atom is 0.320 e. The van der Waals surface area contributed by atoms with Crippen molar-refractivity contribution in [2.45, 2.75) is 58.4 Å². The predicted molar refractivity (Wildman–Crippen MR) is 83.3 cm³/mol. The van der Waals surface area contributed by atoms with Crippen LogP contribution in [-0.4, -0.2) is 49.2 Å². The Morgan fingerprint density at radius 3 is 2.27 bits per heavy atom. The molecule has 22 heavy (non-hydrogen) atoms. The zero-order valence-corrected chi connectivity index (χ0v) is 13.9. The number of rotatable bonds is 6. The summed E-state index contributed by atoms with van der Waals surface area (Å²) >= 11 is 0. The van der Waals surface area contributed by atoms with E-state index in [1.807, 2.05) is 0 Å². The third kappa shape index (κ3) is 4.22. The molecule has 0 aromatic carbocycles. The van der Waals surface area contributed by atoms with Crippen molar-refractivity contribution in [2.75, 3.05) is 26.3 Å². The molecule has 0 amide bonds. The van der Waals surface area contributed by atoms with Crippen LogP contribution in [0.1, 0.15) is 52.4 Å². The lowest BCUT2D eigenvalue weighted by molar-refractivity contribution is -0.163. The van der Waals surface area contributed by atoms with Crippen LogP contribution < -0.4 is 0 Å². The molecule has 0 saturated carbocycles. The number of hydrogen-bond donors (Lipinski definition) is 0. The van der Waals surface area contributed by atoms with Gasteiger partial charge in [-0.15, -0.1) is 0 Å². The number of ether oxygens (including phenoxy) is 2. The highest BCUT2D eigenvalue weighted by Crippen LogP contribution is 2.35. The summed E-state index contributed by atoms with van der Waals surface area (Å²) in [6, 6.07) is 0.522. The van der Waals surface area contributed by atoms with Crippen LogP contribution in [0.25, 0.3) is 0 Å². The van der Waals surface area contributed by atoms with E-state index in [2.05, 4.69) is 4.90 Å². The molecule has 2 heterocycles. The fourth-order valence-electron chi connectivity index (χ4n) is 3.93. The van der Waals surface area contributed by atoms with E-state index in [1.165, 1.54) is 19.3 Å². The summed E-state index contributed by atoms with van der Waals surface area (Å²) in [5.74, 6) is -1.21. The van der Waals surface area contributed by atoms with Gasteiger partial charge in [-0.3, -0.25) is 9.59 Å². The van der Waals surface area contributed by atoms with E-state index in [9.17, 15) is 9.59 Å². The minimum atomic E-state index is -0.758. The third-order valence-electron chi connectivity index (χ3n) is 4.91. The second kappa shape index (κ2) is 8.51. The molecule has 2 fully saturated rings. The Labute approximate surface area is 133 Å². The van der Waals surface area contributed by atoms with E-state index in [1.54, 1.807) is 13.8 Å². The Morgan fingerprint density at radius 1 is 1.00 bits per heavy atom. The largest absolute Gasteiger partial charge is 0.465 e. The van der Waals surface area contributed by atoms with Crippen LogP contribution in [0.2, 0.25) is 0 Å². The van der Waals surface area contributed by atoms with Gasteiger partial charge in [-0.1, -0.05) is 6.42 Å². The summed E-state index contributed by atoms with van der Waals surface area (Å²) < 4.78 is 10.2. The fourth-order valence-corrected chi connectivity index (χ4v) is 3.93. The molecule has 2 atom stereocenters. The van der Waals surface area contributed by atoms with E-state index in [-0.39, 0.29) is 0 Å². The number of piperidine rings is 2. The summed E-state index contributed by atoms with van der Waals surface area (Å²) in [5.41, 5.74) is 0. The first-order chi connectivity index (χ1) is 10.7. The minimum absolute atomic E-state index is 0.301. The molecule has 2 saturated heterocycles. The maximum absolute atomic E-state index is 12.2. The normalized spacial score (nSPS) is 25.6. The Hall–Kier alpha value is -1.10. The van der Waals surface area contributed by atoms with Gasteiger partial charge in [0.05, 0.1) is 13.2 Å². The van der Waals surface area contributed by atoms with Crippen LogP contribution in [0.15, 0.2) is 0 Å². The quantitative estimate of drug-likeness (QED) is 0.557. The molecule has 5 nitrogen and oxygen atoms in total. The average Bonchev–Trinajstić information content (AvgIpc) is 2.53. The van der Waals surface area contributed by atoms with Crippen LogP contribution in [0.5, 0.6) is 0 Å². The van der Waals surface area contributed by atoms with Crippen molar-refractivity contribution in [1.82, 2.24) is 4.90 Å². The van der Waals surface area contributed by atoms with Crippen molar-refractivity contribution in [3.05, 3.63) is 0 Å². The molecule has 0 spiro atoms. The molecule has 2 aliphatic rings. The number of fused-ring (bicyclic) bond motifs is 1. The fraction of sp³-hybridized carbons (Fsp3) is 0.882. The van der Waals surface area contributed by atoms with Crippen molar-refractivity contribution in [3.8, 4) is 0 Å². The number of carbonyl (C=O) groups is 2. The van der Waals surface area contributed by atoms with Crippen LogP contribution in [0.4, 0.5) is 0 Å². The van der Waals surface area contributed by atoms with Gasteiger partial charge in [-0.25, -0.2) is 0 Å². The molecule has 5 heteroatoms. The van der Waals surface area contributed by atoms with E-state index in [0.29, 0.717) is 31.6 Å². The third-order valence-corrected chi connectivity index (χ3v) is 4.91. The average molecular weight is 311 g/mol. The zero-order valence-electron chi connectivity index (χ0n) is 13.9. The molecule has 0 bridgehead atoms. The monoisotopic (exact) mass is 311 g/mol. The highest BCUT2D eigenvalue weighted by molar-refractivity contribution is 5.94. The standard InChI is InChI=1S/C17H29NO4/c1-3-21-16(19)14(17(20)22-4-2)12-13-8-7-11-18-10-6-5-9-15(13)18/h13-15H,3-12H2,1-2H3. The second-order valence-corrected chi connectivity index (χ2v) is 6.29. The molecule has 0 aromatic heterocycles. The molecule has 2 aliphatic heterocycles. The van der Waals surface area contributed by atoms with E-state index < -0.39 is 17.9 Å². The van der Waals surface area contributed by atoms with E-state index in [4.69, 9.17) is 9.47 Å². The van der Waals surface area contributed by atoms with Gasteiger partial charge in [0, 0.05) is 6.04 Å². The number of esters is 2. The van der Waals surface area contributed by atoms with Crippen molar-refractivity contribution >= 4 is 11.9 Å². The van der Waals surface area contributed by atoms with Crippen LogP contribution >= 0.6 is 0 Å². The Balaban J connectivity index is 2.04. The predicted octanol–water partition coefficient (Wildman–Crippen LogP) is 2.38. The molecule has 0 aliphatic carbocycles. The lowest BCUT2D eigenvalue weighted by Crippen LogP contribution is -2.49. The smallest absolute Gasteiger partial charge is 0.320 e. The molecule has 2 unspecified atom stereocenters. The van der Waals surface area contributed by atoms with Crippen molar-refractivity contribution < 1.29 is 19.1 Å². The van der Waals surface area contributed by atoms with E-state index >= 15 is 0 Å². The summed E-state index contributed by atoms with van der Waals surface area (Å²) in [4.78, 5) is 26.9. The maximum atomic E-state index is 12.2. The van der Waals surface area contributed by atoms with Crippen LogP contribution in [-0.2, 0) is 19.1 Å². The van der Waals surface area contributed by atoms with Gasteiger partial charge in [-0.05, 0) is 65.0 Å². The Kier molecular flexibility index (Phi) is 6.68. The first kappa shape index (κ1) is 17.3. The van der Waals surface area contributed by atoms with Crippen LogP contribution in [0, 0.1) is 11.8 Å². The van der Waals surface area contributed by atoms with Gasteiger partial charge in [0.25, 0.3) is 0 Å². The number of carbonyl (C=O) groups excluding carboxylic acids is 2. The first-order valence-corrected chi connectivity index (χ1v) is 8.74. The van der Waals surface area contributed by atoms with Crippen molar-refractivity contribution in [1.29, 1.82) is 0 Å². The molecule has 2 rings (SSSR count). The zero-order chi connectivity index (χ0) is 15.9. The molecule has 0 aromatic rings. The highest BCUT2D eigenvalue weighted by Gasteiger charge is 2.39. The summed E-state index contributed by atoms with van der Waals surface area (Å²) in [6.07, 6.45) is 6.52. The topological polar surface area (TPSA) is 55.8 Å². The number of nitrogens with zero attached hydrogens (tertiary/aromatic N) is 1. The molecule has 0 N–H and O–H groups in total. The van der Waals surface area contributed by atoms with Gasteiger partial charge in [-0.2, -0.15) is 0 Å². The summed E-state index contributed by atoms with van der Waals surface area (Å²) in [7, 11) is 0. The Morgan fingerprint density at radius 2 is 1.64 bits per heavy atom. The number of hydrogen-bond acceptors (Lipinski definition) is 5. The lowest BCUT2D eigenvalue weighted by atomic mass is 9.78. The van der Waals surface area contributed by atoms with Gasteiger partial charge in [0.2, 0.25) is 0 Å². The molecule has 0 radical (unpaired) electrons. The molecular formula is C17H29NO4. The van der Waals surface area contributed by atoms with Gasteiger partial charge in [0.15, 0.2) is 5.92 Å². The van der Waals surface area contributed by atoms with Crippen LogP contribution in [0.3, 0.4) is 0 Å². The first-order valence-electron chi connectivity index (χ1n) is 8.74. The SMILES string of the molecule is CCOC(=O)C(CC1CCCN2CCCCC12)C(=O)OCC. The molecular weight excluding hydrogens is 282 g/mol. The second-order valence-electron chi connectivity index (χ2n) is 6.29. The molecule has 126 valence electrons.